The molecule has 1 saturated carbocycles. The Morgan fingerprint density at radius 2 is 1.68 bits per heavy atom. The van der Waals surface area contributed by atoms with Crippen LogP contribution in [0, 0.1) is 23.7 Å². The zero-order chi connectivity index (χ0) is 19.8. The van der Waals surface area contributed by atoms with Crippen molar-refractivity contribution in [3.8, 4) is 11.8 Å². The van der Waals surface area contributed by atoms with Crippen LogP contribution in [-0.4, -0.2) is 28.4 Å². The van der Waals surface area contributed by atoms with Crippen molar-refractivity contribution in [2.45, 2.75) is 44.5 Å². The van der Waals surface area contributed by atoms with E-state index in [1.165, 1.54) is 0 Å². The molecule has 2 aromatic rings. The average molecular weight is 378 g/mol. The molecule has 0 spiro atoms. The minimum atomic E-state index is -0.890. The maximum Gasteiger partial charge on any atom is 0.303 e. The lowest BCUT2D eigenvalue weighted by Crippen LogP contribution is -2.22. The van der Waals surface area contributed by atoms with Gasteiger partial charge in [0.2, 0.25) is 0 Å². The van der Waals surface area contributed by atoms with Gasteiger partial charge in [0.15, 0.2) is 0 Å². The number of aliphatic carboxylic acids is 1. The van der Waals surface area contributed by atoms with E-state index in [4.69, 9.17) is 9.84 Å². The van der Waals surface area contributed by atoms with E-state index in [-0.39, 0.29) is 24.4 Å². The molecule has 28 heavy (non-hydrogen) atoms. The molecule has 4 heteroatoms. The van der Waals surface area contributed by atoms with Crippen LogP contribution in [0.3, 0.4) is 0 Å². The molecule has 0 aliphatic heterocycles. The molecule has 0 saturated heterocycles. The molecule has 1 fully saturated rings. The highest BCUT2D eigenvalue weighted by molar-refractivity contribution is 5.67. The van der Waals surface area contributed by atoms with Crippen molar-refractivity contribution in [3.63, 3.8) is 0 Å². The van der Waals surface area contributed by atoms with Gasteiger partial charge in [-0.25, -0.2) is 0 Å². The van der Waals surface area contributed by atoms with Crippen molar-refractivity contribution in [1.82, 2.24) is 0 Å². The second-order valence-electron chi connectivity index (χ2n) is 7.28. The molecular weight excluding hydrogens is 352 g/mol. The molecular formula is C24H26O4. The molecule has 1 aliphatic carbocycles. The maximum atomic E-state index is 11.1. The Bertz CT molecular complexity index is 807. The number of aliphatic hydroxyl groups is 1. The van der Waals surface area contributed by atoms with Crippen molar-refractivity contribution in [2.24, 2.45) is 11.8 Å². The minimum absolute atomic E-state index is 0.0469. The lowest BCUT2D eigenvalue weighted by Gasteiger charge is -2.17. The van der Waals surface area contributed by atoms with E-state index in [1.54, 1.807) is 0 Å². The first kappa shape index (κ1) is 20.1. The monoisotopic (exact) mass is 378 g/mol. The third-order valence-electron chi connectivity index (χ3n) is 5.18. The molecule has 1 unspecified atom stereocenters. The number of aliphatic hydroxyl groups excluding tert-OH is 1. The quantitative estimate of drug-likeness (QED) is 0.722. The predicted molar refractivity (Wildman–Crippen MR) is 107 cm³/mol. The van der Waals surface area contributed by atoms with E-state index in [0.29, 0.717) is 19.4 Å². The van der Waals surface area contributed by atoms with Crippen molar-refractivity contribution >= 4 is 5.97 Å². The van der Waals surface area contributed by atoms with Crippen molar-refractivity contribution in [2.75, 3.05) is 0 Å². The first-order valence-corrected chi connectivity index (χ1v) is 9.72. The molecule has 1 aliphatic rings. The van der Waals surface area contributed by atoms with E-state index in [1.807, 2.05) is 60.7 Å². The summed E-state index contributed by atoms with van der Waals surface area (Å²) in [5.41, 5.74) is 2.23. The van der Waals surface area contributed by atoms with Crippen LogP contribution in [0.5, 0.6) is 0 Å². The Hall–Kier alpha value is -2.61. The van der Waals surface area contributed by atoms with Crippen LogP contribution in [-0.2, 0) is 22.6 Å². The van der Waals surface area contributed by atoms with Crippen LogP contribution in [0.15, 0.2) is 60.7 Å². The van der Waals surface area contributed by atoms with Crippen LogP contribution in [0.25, 0.3) is 0 Å². The lowest BCUT2D eigenvalue weighted by molar-refractivity contribution is -0.139. The normalized spacial score (nSPS) is 22.2. The second kappa shape index (κ2) is 10.1. The zero-order valence-electron chi connectivity index (χ0n) is 15.8. The predicted octanol–water partition coefficient (Wildman–Crippen LogP) is 3.68. The van der Waals surface area contributed by atoms with Crippen molar-refractivity contribution < 1.29 is 19.7 Å². The summed E-state index contributed by atoms with van der Waals surface area (Å²) in [5.74, 6) is 5.15. The van der Waals surface area contributed by atoms with Gasteiger partial charge in [-0.05, 0) is 24.0 Å². The van der Waals surface area contributed by atoms with Gasteiger partial charge in [-0.1, -0.05) is 72.5 Å². The van der Waals surface area contributed by atoms with E-state index < -0.39 is 12.1 Å². The summed E-state index contributed by atoms with van der Waals surface area (Å²) in [6.45, 7) is 0.471. The topological polar surface area (TPSA) is 66.8 Å². The van der Waals surface area contributed by atoms with Crippen molar-refractivity contribution in [1.29, 1.82) is 0 Å². The van der Waals surface area contributed by atoms with Gasteiger partial charge < -0.3 is 14.9 Å². The number of carboxylic acids is 1. The average Bonchev–Trinajstić information content (AvgIpc) is 3.04. The van der Waals surface area contributed by atoms with E-state index >= 15 is 0 Å². The number of ether oxygens (including phenoxy) is 1. The molecule has 2 aromatic carbocycles. The summed E-state index contributed by atoms with van der Waals surface area (Å²) >= 11 is 0. The molecule has 2 N–H and O–H groups in total. The highest BCUT2D eigenvalue weighted by Crippen LogP contribution is 2.34. The summed E-state index contributed by atoms with van der Waals surface area (Å²) in [6, 6.07) is 20.0. The molecule has 0 aromatic heterocycles. The lowest BCUT2D eigenvalue weighted by atomic mass is 9.91. The van der Waals surface area contributed by atoms with E-state index in [9.17, 15) is 9.90 Å². The van der Waals surface area contributed by atoms with Crippen molar-refractivity contribution in [3.05, 3.63) is 71.8 Å². The van der Waals surface area contributed by atoms with Gasteiger partial charge in [0.25, 0.3) is 0 Å². The SMILES string of the molecule is O=C(O)C[C@@H]1[C@H](O)CC[C@H]1C#CC(Cc1ccccc1)OCc1ccccc1. The molecule has 4 nitrogen and oxygen atoms in total. The number of carbonyl (C=O) groups is 1. The number of rotatable bonds is 7. The first-order valence-electron chi connectivity index (χ1n) is 9.72. The molecule has 146 valence electrons. The highest BCUT2D eigenvalue weighted by Gasteiger charge is 2.35. The fraction of sp³-hybridized carbons (Fsp3) is 0.375. The van der Waals surface area contributed by atoms with Gasteiger partial charge in [-0.15, -0.1) is 0 Å². The van der Waals surface area contributed by atoms with Crippen LogP contribution in [0.4, 0.5) is 0 Å². The first-order chi connectivity index (χ1) is 13.6. The van der Waals surface area contributed by atoms with E-state index in [2.05, 4.69) is 11.8 Å². The summed E-state index contributed by atoms with van der Waals surface area (Å²) in [4.78, 5) is 11.1. The molecule has 0 radical (unpaired) electrons. The Balaban J connectivity index is 1.71. The fourth-order valence-electron chi connectivity index (χ4n) is 3.66. The van der Waals surface area contributed by atoms with Gasteiger partial charge >= 0.3 is 5.97 Å². The summed E-state index contributed by atoms with van der Waals surface area (Å²) in [6.07, 6.45) is 1.07. The Labute approximate surface area is 166 Å². The maximum absolute atomic E-state index is 11.1. The molecule has 4 atom stereocenters. The molecule has 0 heterocycles. The van der Waals surface area contributed by atoms with Crippen LogP contribution in [0.2, 0.25) is 0 Å². The van der Waals surface area contributed by atoms with Gasteiger partial charge in [0.05, 0.1) is 19.1 Å². The minimum Gasteiger partial charge on any atom is -0.481 e. The van der Waals surface area contributed by atoms with Gasteiger partial charge in [0.1, 0.15) is 6.10 Å². The Morgan fingerprint density at radius 1 is 1.04 bits per heavy atom. The number of hydrogen-bond acceptors (Lipinski definition) is 3. The zero-order valence-corrected chi connectivity index (χ0v) is 15.8. The van der Waals surface area contributed by atoms with Crippen LogP contribution >= 0.6 is 0 Å². The number of benzene rings is 2. The third-order valence-corrected chi connectivity index (χ3v) is 5.18. The van der Waals surface area contributed by atoms with Crippen LogP contribution < -0.4 is 0 Å². The fourth-order valence-corrected chi connectivity index (χ4v) is 3.66. The standard InChI is InChI=1S/C24H26O4/c25-23-14-12-20(22(23)16-24(26)27)11-13-21(15-18-7-3-1-4-8-18)28-17-19-9-5-2-6-10-19/h1-10,20-23,25H,12,14-17H2,(H,26,27)/t20-,21?,22+,23-/m1/s1. The molecule has 0 bridgehead atoms. The summed E-state index contributed by atoms with van der Waals surface area (Å²) in [7, 11) is 0. The summed E-state index contributed by atoms with van der Waals surface area (Å²) in [5, 5.41) is 19.2. The second-order valence-corrected chi connectivity index (χ2v) is 7.28. The van der Waals surface area contributed by atoms with Gasteiger partial charge in [0, 0.05) is 18.3 Å². The smallest absolute Gasteiger partial charge is 0.303 e. The number of carboxylic acid groups (broad SMARTS) is 1. The Morgan fingerprint density at radius 3 is 2.32 bits per heavy atom. The highest BCUT2D eigenvalue weighted by atomic mass is 16.5. The largest absolute Gasteiger partial charge is 0.481 e. The molecule has 3 rings (SSSR count). The summed E-state index contributed by atoms with van der Waals surface area (Å²) < 4.78 is 6.08. The van der Waals surface area contributed by atoms with Gasteiger partial charge in [-0.3, -0.25) is 4.79 Å². The Kier molecular flexibility index (Phi) is 7.25. The molecule has 0 amide bonds. The third kappa shape index (κ3) is 5.95. The number of hydrogen-bond donors (Lipinski definition) is 2. The van der Waals surface area contributed by atoms with E-state index in [0.717, 1.165) is 17.5 Å². The van der Waals surface area contributed by atoms with Crippen LogP contribution in [0.1, 0.15) is 30.4 Å². The van der Waals surface area contributed by atoms with Gasteiger partial charge in [-0.2, -0.15) is 0 Å².